The van der Waals surface area contributed by atoms with Crippen molar-refractivity contribution < 1.29 is 9.90 Å². The van der Waals surface area contributed by atoms with E-state index in [0.29, 0.717) is 6.42 Å². The molecule has 27 heavy (non-hydrogen) atoms. The van der Waals surface area contributed by atoms with Gasteiger partial charge < -0.3 is 5.11 Å². The molecule has 3 rings (SSSR count). The highest BCUT2D eigenvalue weighted by Crippen LogP contribution is 2.32. The average Bonchev–Trinajstić information content (AvgIpc) is 2.62. The van der Waals surface area contributed by atoms with Crippen LogP contribution in [0.2, 0.25) is 0 Å². The Morgan fingerprint density at radius 1 is 0.741 bits per heavy atom. The van der Waals surface area contributed by atoms with Crippen LogP contribution in [0.3, 0.4) is 0 Å². The Balaban J connectivity index is 2.00. The van der Waals surface area contributed by atoms with Crippen molar-refractivity contribution in [2.45, 2.75) is 40.5 Å². The van der Waals surface area contributed by atoms with E-state index in [-0.39, 0.29) is 6.42 Å². The van der Waals surface area contributed by atoms with Gasteiger partial charge in [-0.3, -0.25) is 4.79 Å². The van der Waals surface area contributed by atoms with Crippen LogP contribution in [0, 0.1) is 27.7 Å². The first-order chi connectivity index (χ1) is 12.8. The Bertz CT molecular complexity index is 999. The number of benzene rings is 3. The van der Waals surface area contributed by atoms with Gasteiger partial charge in [-0.15, -0.1) is 0 Å². The molecule has 2 heteroatoms. The van der Waals surface area contributed by atoms with Crippen molar-refractivity contribution in [1.29, 1.82) is 0 Å². The van der Waals surface area contributed by atoms with Crippen LogP contribution in [0.4, 0.5) is 0 Å². The van der Waals surface area contributed by atoms with Crippen LogP contribution < -0.4 is 0 Å². The summed E-state index contributed by atoms with van der Waals surface area (Å²) >= 11 is 0. The summed E-state index contributed by atoms with van der Waals surface area (Å²) in [6.45, 7) is 8.45. The van der Waals surface area contributed by atoms with E-state index >= 15 is 0 Å². The van der Waals surface area contributed by atoms with Crippen LogP contribution >= 0.6 is 0 Å². The molecule has 0 atom stereocenters. The second kappa shape index (κ2) is 7.79. The van der Waals surface area contributed by atoms with Gasteiger partial charge >= 0.3 is 5.97 Å². The highest BCUT2D eigenvalue weighted by molar-refractivity contribution is 5.76. The van der Waals surface area contributed by atoms with Crippen LogP contribution in [-0.2, 0) is 11.2 Å². The zero-order valence-corrected chi connectivity index (χ0v) is 16.5. The van der Waals surface area contributed by atoms with Crippen molar-refractivity contribution in [1.82, 2.24) is 0 Å². The Hall–Kier alpha value is -2.87. The first kappa shape index (κ1) is 18.9. The number of carboxylic acids is 1. The summed E-state index contributed by atoms with van der Waals surface area (Å²) in [6.07, 6.45) is 0.695. The zero-order valence-electron chi connectivity index (χ0n) is 16.5. The smallest absolute Gasteiger partial charge is 0.303 e. The van der Waals surface area contributed by atoms with E-state index in [0.717, 1.165) is 22.3 Å². The molecule has 0 aliphatic rings. The van der Waals surface area contributed by atoms with Crippen molar-refractivity contribution in [2.24, 2.45) is 0 Å². The molecule has 0 aliphatic heterocycles. The summed E-state index contributed by atoms with van der Waals surface area (Å²) in [6, 6.07) is 19.4. The maximum absolute atomic E-state index is 11.0. The third-order valence-corrected chi connectivity index (χ3v) is 5.22. The Kier molecular flexibility index (Phi) is 5.46. The monoisotopic (exact) mass is 358 g/mol. The van der Waals surface area contributed by atoms with Crippen LogP contribution in [0.25, 0.3) is 22.3 Å². The molecule has 0 aromatic heterocycles. The molecule has 0 bridgehead atoms. The summed E-state index contributed by atoms with van der Waals surface area (Å²) < 4.78 is 0. The van der Waals surface area contributed by atoms with E-state index in [1.165, 1.54) is 27.8 Å². The SMILES string of the molecule is Cc1ccc(-c2ccc(-c3ccc(C)c(C)c3)c(C)c2)c(CCC(=O)O)c1. The van der Waals surface area contributed by atoms with Crippen LogP contribution in [0.5, 0.6) is 0 Å². The van der Waals surface area contributed by atoms with E-state index < -0.39 is 5.97 Å². The molecule has 2 nitrogen and oxygen atoms in total. The molecule has 0 saturated carbocycles. The minimum atomic E-state index is -0.760. The van der Waals surface area contributed by atoms with Gasteiger partial charge in [0.25, 0.3) is 0 Å². The molecule has 3 aromatic carbocycles. The minimum absolute atomic E-state index is 0.149. The van der Waals surface area contributed by atoms with E-state index in [1.807, 2.05) is 6.92 Å². The number of hydrogen-bond acceptors (Lipinski definition) is 1. The number of aryl methyl sites for hydroxylation is 5. The Morgan fingerprint density at radius 3 is 2.04 bits per heavy atom. The van der Waals surface area contributed by atoms with Crippen molar-refractivity contribution in [3.8, 4) is 22.3 Å². The summed E-state index contributed by atoms with van der Waals surface area (Å²) in [5.74, 6) is -0.760. The predicted molar refractivity (Wildman–Crippen MR) is 112 cm³/mol. The molecule has 0 radical (unpaired) electrons. The molecule has 0 spiro atoms. The second-order valence-corrected chi connectivity index (χ2v) is 7.38. The topological polar surface area (TPSA) is 37.3 Å². The largest absolute Gasteiger partial charge is 0.481 e. The molecule has 0 aliphatic carbocycles. The first-order valence-electron chi connectivity index (χ1n) is 9.35. The fourth-order valence-corrected chi connectivity index (χ4v) is 3.52. The molecular weight excluding hydrogens is 332 g/mol. The lowest BCUT2D eigenvalue weighted by Crippen LogP contribution is -1.99. The molecule has 0 amide bonds. The van der Waals surface area contributed by atoms with E-state index in [1.54, 1.807) is 0 Å². The van der Waals surface area contributed by atoms with Crippen molar-refractivity contribution in [3.05, 3.63) is 82.4 Å². The minimum Gasteiger partial charge on any atom is -0.481 e. The Labute approximate surface area is 161 Å². The van der Waals surface area contributed by atoms with Crippen LogP contribution in [-0.4, -0.2) is 11.1 Å². The molecule has 1 N–H and O–H groups in total. The number of carbonyl (C=O) groups is 1. The fraction of sp³-hybridized carbons (Fsp3) is 0.240. The summed E-state index contributed by atoms with van der Waals surface area (Å²) in [5.41, 5.74) is 10.8. The molecule has 3 aromatic rings. The van der Waals surface area contributed by atoms with Crippen LogP contribution in [0.1, 0.15) is 34.2 Å². The van der Waals surface area contributed by atoms with Crippen LogP contribution in [0.15, 0.2) is 54.6 Å². The highest BCUT2D eigenvalue weighted by atomic mass is 16.4. The maximum Gasteiger partial charge on any atom is 0.303 e. The van der Waals surface area contributed by atoms with Crippen molar-refractivity contribution in [2.75, 3.05) is 0 Å². The molecule has 138 valence electrons. The fourth-order valence-electron chi connectivity index (χ4n) is 3.52. The lowest BCUT2D eigenvalue weighted by Gasteiger charge is -2.14. The number of aliphatic carboxylic acids is 1. The van der Waals surface area contributed by atoms with Gasteiger partial charge in [0, 0.05) is 6.42 Å². The summed E-state index contributed by atoms with van der Waals surface area (Å²) in [7, 11) is 0. The first-order valence-corrected chi connectivity index (χ1v) is 9.35. The van der Waals surface area contributed by atoms with Gasteiger partial charge in [-0.05, 0) is 78.6 Å². The van der Waals surface area contributed by atoms with E-state index in [9.17, 15) is 4.79 Å². The second-order valence-electron chi connectivity index (χ2n) is 7.38. The number of carboxylic acid groups (broad SMARTS) is 1. The third-order valence-electron chi connectivity index (χ3n) is 5.22. The summed E-state index contributed by atoms with van der Waals surface area (Å²) in [5, 5.41) is 9.05. The zero-order chi connectivity index (χ0) is 19.6. The highest BCUT2D eigenvalue weighted by Gasteiger charge is 2.10. The molecule has 0 saturated heterocycles. The molecular formula is C25H26O2. The molecule has 0 fully saturated rings. The van der Waals surface area contributed by atoms with Gasteiger partial charge in [0.1, 0.15) is 0 Å². The standard InChI is InChI=1S/C25H26O2/c1-16-5-10-24(20(13-16)9-12-25(26)27)22-8-11-23(19(4)15-22)21-7-6-17(2)18(3)14-21/h5-8,10-11,13-15H,9,12H2,1-4H3,(H,26,27). The van der Waals surface area contributed by atoms with Gasteiger partial charge in [0.15, 0.2) is 0 Å². The normalized spacial score (nSPS) is 10.8. The lowest BCUT2D eigenvalue weighted by atomic mass is 9.91. The van der Waals surface area contributed by atoms with E-state index in [4.69, 9.17) is 5.11 Å². The number of hydrogen-bond donors (Lipinski definition) is 1. The Morgan fingerprint density at radius 2 is 1.37 bits per heavy atom. The van der Waals surface area contributed by atoms with Gasteiger partial charge in [-0.2, -0.15) is 0 Å². The third kappa shape index (κ3) is 4.28. The van der Waals surface area contributed by atoms with Gasteiger partial charge in [0.05, 0.1) is 0 Å². The lowest BCUT2D eigenvalue weighted by molar-refractivity contribution is -0.136. The van der Waals surface area contributed by atoms with Crippen molar-refractivity contribution in [3.63, 3.8) is 0 Å². The maximum atomic E-state index is 11.0. The van der Waals surface area contributed by atoms with Crippen molar-refractivity contribution >= 4 is 5.97 Å². The quantitative estimate of drug-likeness (QED) is 0.583. The summed E-state index contributed by atoms with van der Waals surface area (Å²) in [4.78, 5) is 11.0. The molecule has 0 unspecified atom stereocenters. The van der Waals surface area contributed by atoms with Gasteiger partial charge in [0.2, 0.25) is 0 Å². The van der Waals surface area contributed by atoms with Gasteiger partial charge in [-0.1, -0.05) is 60.2 Å². The number of rotatable bonds is 5. The van der Waals surface area contributed by atoms with Gasteiger partial charge in [-0.25, -0.2) is 0 Å². The van der Waals surface area contributed by atoms with E-state index in [2.05, 4.69) is 75.4 Å². The average molecular weight is 358 g/mol. The molecule has 0 heterocycles. The predicted octanol–water partition coefficient (Wildman–Crippen LogP) is 6.27.